The highest BCUT2D eigenvalue weighted by Crippen LogP contribution is 2.10. The highest BCUT2D eigenvalue weighted by molar-refractivity contribution is 6.18. The number of allylic oxidation sites excluding steroid dienone is 1. The van der Waals surface area contributed by atoms with E-state index in [0.29, 0.717) is 0 Å². The third-order valence-corrected chi connectivity index (χ3v) is 2.23. The van der Waals surface area contributed by atoms with E-state index < -0.39 is 0 Å². The zero-order valence-corrected chi connectivity index (χ0v) is 10.5. The number of rotatable bonds is 5. The highest BCUT2D eigenvalue weighted by atomic mass is 16.1. The summed E-state index contributed by atoms with van der Waals surface area (Å²) >= 11 is 0. The topological polar surface area (TPSA) is 37.4 Å². The molecule has 3 heteroatoms. The van der Waals surface area contributed by atoms with Crippen LogP contribution in [-0.2, 0) is 9.59 Å². The molecule has 3 nitrogen and oxygen atoms in total. The van der Waals surface area contributed by atoms with E-state index in [4.69, 9.17) is 0 Å². The van der Waals surface area contributed by atoms with Gasteiger partial charge in [0.25, 0.3) is 0 Å². The second kappa shape index (κ2) is 5.69. The van der Waals surface area contributed by atoms with Gasteiger partial charge in [0.05, 0.1) is 5.57 Å². The SMILES string of the molecule is CC(=O)C(=CN(C(C)C)C(C)C)C(C)=O. The monoisotopic (exact) mass is 211 g/mol. The van der Waals surface area contributed by atoms with Crippen LogP contribution in [0.25, 0.3) is 0 Å². The van der Waals surface area contributed by atoms with Crippen molar-refractivity contribution in [2.45, 2.75) is 53.6 Å². The molecule has 0 saturated carbocycles. The Morgan fingerprint density at radius 3 is 1.47 bits per heavy atom. The van der Waals surface area contributed by atoms with E-state index in [1.807, 2.05) is 32.6 Å². The fourth-order valence-corrected chi connectivity index (χ4v) is 1.47. The highest BCUT2D eigenvalue weighted by Gasteiger charge is 2.15. The molecular weight excluding hydrogens is 190 g/mol. The molecule has 0 unspecified atom stereocenters. The molecule has 86 valence electrons. The normalized spacial score (nSPS) is 10.4. The maximum Gasteiger partial charge on any atom is 0.164 e. The van der Waals surface area contributed by atoms with Gasteiger partial charge in [0, 0.05) is 18.3 Å². The van der Waals surface area contributed by atoms with Gasteiger partial charge in [0.2, 0.25) is 0 Å². The van der Waals surface area contributed by atoms with Gasteiger partial charge in [0.1, 0.15) is 0 Å². The van der Waals surface area contributed by atoms with Crippen molar-refractivity contribution < 1.29 is 9.59 Å². The maximum atomic E-state index is 11.3. The lowest BCUT2D eigenvalue weighted by Gasteiger charge is -2.29. The van der Waals surface area contributed by atoms with E-state index >= 15 is 0 Å². The number of ketones is 2. The molecule has 0 saturated heterocycles. The minimum absolute atomic E-state index is 0.172. The average molecular weight is 211 g/mol. The van der Waals surface area contributed by atoms with Crippen LogP contribution >= 0.6 is 0 Å². The van der Waals surface area contributed by atoms with Gasteiger partial charge < -0.3 is 4.90 Å². The molecule has 0 rings (SSSR count). The van der Waals surface area contributed by atoms with E-state index in [9.17, 15) is 9.59 Å². The second-order valence-corrected chi connectivity index (χ2v) is 4.29. The van der Waals surface area contributed by atoms with Crippen LogP contribution in [-0.4, -0.2) is 28.6 Å². The van der Waals surface area contributed by atoms with Crippen LogP contribution in [0.5, 0.6) is 0 Å². The molecule has 0 atom stereocenters. The molecular formula is C12H21NO2. The van der Waals surface area contributed by atoms with E-state index in [2.05, 4.69) is 0 Å². The number of Topliss-reactive ketones (excluding diaryl/α,β-unsaturated/α-hetero) is 2. The third-order valence-electron chi connectivity index (χ3n) is 2.23. The molecule has 0 bridgehead atoms. The van der Waals surface area contributed by atoms with Gasteiger partial charge in [-0.2, -0.15) is 0 Å². The number of hydrogen-bond acceptors (Lipinski definition) is 3. The number of carbonyl (C=O) groups excluding carboxylic acids is 2. The Hall–Kier alpha value is -1.12. The molecule has 0 fully saturated rings. The largest absolute Gasteiger partial charge is 0.372 e. The summed E-state index contributed by atoms with van der Waals surface area (Å²) < 4.78 is 0. The standard InChI is InChI=1S/C12H21NO2/c1-8(2)13(9(3)4)7-12(10(5)14)11(6)15/h7-9H,1-6H3. The molecule has 0 N–H and O–H groups in total. The van der Waals surface area contributed by atoms with Crippen molar-refractivity contribution in [2.24, 2.45) is 0 Å². The number of carbonyl (C=O) groups is 2. The van der Waals surface area contributed by atoms with Crippen molar-refractivity contribution in [1.82, 2.24) is 4.90 Å². The van der Waals surface area contributed by atoms with Crippen LogP contribution in [0.2, 0.25) is 0 Å². The van der Waals surface area contributed by atoms with Crippen LogP contribution < -0.4 is 0 Å². The lowest BCUT2D eigenvalue weighted by molar-refractivity contribution is -0.119. The molecule has 0 aliphatic rings. The zero-order chi connectivity index (χ0) is 12.2. The van der Waals surface area contributed by atoms with Crippen molar-refractivity contribution in [3.8, 4) is 0 Å². The smallest absolute Gasteiger partial charge is 0.164 e. The fourth-order valence-electron chi connectivity index (χ4n) is 1.47. The van der Waals surface area contributed by atoms with Crippen molar-refractivity contribution in [3.63, 3.8) is 0 Å². The Kier molecular flexibility index (Phi) is 5.26. The van der Waals surface area contributed by atoms with Crippen LogP contribution in [0.1, 0.15) is 41.5 Å². The van der Waals surface area contributed by atoms with E-state index in [-0.39, 0.29) is 29.2 Å². The van der Waals surface area contributed by atoms with Crippen molar-refractivity contribution >= 4 is 11.6 Å². The van der Waals surface area contributed by atoms with Crippen LogP contribution in [0.3, 0.4) is 0 Å². The molecule has 0 amide bonds. The predicted molar refractivity (Wildman–Crippen MR) is 61.6 cm³/mol. The summed E-state index contributed by atoms with van der Waals surface area (Å²) in [6.07, 6.45) is 1.68. The Labute approximate surface area is 92.1 Å². The molecule has 0 aromatic heterocycles. The summed E-state index contributed by atoms with van der Waals surface area (Å²) in [7, 11) is 0. The van der Waals surface area contributed by atoms with Gasteiger partial charge >= 0.3 is 0 Å². The Morgan fingerprint density at radius 2 is 1.27 bits per heavy atom. The molecule has 0 spiro atoms. The third kappa shape index (κ3) is 4.28. The Bertz CT molecular complexity index is 253. The average Bonchev–Trinajstić information content (AvgIpc) is 2.01. The lowest BCUT2D eigenvalue weighted by atomic mass is 10.1. The molecule has 0 radical (unpaired) electrons. The Balaban J connectivity index is 5.08. The summed E-state index contributed by atoms with van der Waals surface area (Å²) in [4.78, 5) is 24.5. The predicted octanol–water partition coefficient (Wildman–Crippen LogP) is 2.17. The molecule has 0 aromatic rings. The first kappa shape index (κ1) is 13.9. The first-order chi connectivity index (χ1) is 6.77. The molecule has 0 aliphatic carbocycles. The van der Waals surface area contributed by atoms with E-state index in [1.165, 1.54) is 13.8 Å². The van der Waals surface area contributed by atoms with Crippen LogP contribution in [0, 0.1) is 0 Å². The summed E-state index contributed by atoms with van der Waals surface area (Å²) in [5.41, 5.74) is 0.275. The minimum atomic E-state index is -0.172. The minimum Gasteiger partial charge on any atom is -0.372 e. The van der Waals surface area contributed by atoms with E-state index in [1.54, 1.807) is 6.20 Å². The van der Waals surface area contributed by atoms with Gasteiger partial charge in [-0.05, 0) is 41.5 Å². The first-order valence-corrected chi connectivity index (χ1v) is 5.28. The molecule has 15 heavy (non-hydrogen) atoms. The van der Waals surface area contributed by atoms with Gasteiger partial charge in [-0.25, -0.2) is 0 Å². The molecule has 0 heterocycles. The first-order valence-electron chi connectivity index (χ1n) is 5.28. The fraction of sp³-hybridized carbons (Fsp3) is 0.667. The Morgan fingerprint density at radius 1 is 0.933 bits per heavy atom. The van der Waals surface area contributed by atoms with Gasteiger partial charge in [-0.15, -0.1) is 0 Å². The summed E-state index contributed by atoms with van der Waals surface area (Å²) in [6.45, 7) is 11.0. The zero-order valence-electron chi connectivity index (χ0n) is 10.5. The van der Waals surface area contributed by atoms with Gasteiger partial charge in [0.15, 0.2) is 11.6 Å². The van der Waals surface area contributed by atoms with Crippen molar-refractivity contribution in [2.75, 3.05) is 0 Å². The van der Waals surface area contributed by atoms with Gasteiger partial charge in [-0.1, -0.05) is 0 Å². The number of nitrogens with zero attached hydrogens (tertiary/aromatic N) is 1. The maximum absolute atomic E-state index is 11.3. The quantitative estimate of drug-likeness (QED) is 0.397. The van der Waals surface area contributed by atoms with Crippen LogP contribution in [0.15, 0.2) is 11.8 Å². The van der Waals surface area contributed by atoms with Crippen LogP contribution in [0.4, 0.5) is 0 Å². The molecule has 0 aliphatic heterocycles. The van der Waals surface area contributed by atoms with Crippen molar-refractivity contribution in [3.05, 3.63) is 11.8 Å². The number of hydrogen-bond donors (Lipinski definition) is 0. The second-order valence-electron chi connectivity index (χ2n) is 4.29. The summed E-state index contributed by atoms with van der Waals surface area (Å²) in [5, 5.41) is 0. The van der Waals surface area contributed by atoms with Gasteiger partial charge in [-0.3, -0.25) is 9.59 Å². The van der Waals surface area contributed by atoms with E-state index in [0.717, 1.165) is 0 Å². The van der Waals surface area contributed by atoms with Crippen molar-refractivity contribution in [1.29, 1.82) is 0 Å². The summed E-state index contributed by atoms with van der Waals surface area (Å²) in [5.74, 6) is -0.345. The molecule has 0 aromatic carbocycles. The summed E-state index contributed by atoms with van der Waals surface area (Å²) in [6, 6.07) is 0.553. The lowest BCUT2D eigenvalue weighted by Crippen LogP contribution is -2.33.